The van der Waals surface area contributed by atoms with Gasteiger partial charge in [0.15, 0.2) is 0 Å². The van der Waals surface area contributed by atoms with E-state index in [0.717, 1.165) is 39.9 Å². The second-order valence-corrected chi connectivity index (χ2v) is 4.98. The van der Waals surface area contributed by atoms with Gasteiger partial charge in [-0.2, -0.15) is 0 Å². The first-order chi connectivity index (χ1) is 7.53. The van der Waals surface area contributed by atoms with Gasteiger partial charge in [0.25, 0.3) is 0 Å². The number of ether oxygens (including phenoxy) is 2. The van der Waals surface area contributed by atoms with Gasteiger partial charge in [-0.15, -0.1) is 0 Å². The van der Waals surface area contributed by atoms with Crippen molar-refractivity contribution in [3.05, 3.63) is 21.7 Å². The Hall–Kier alpha value is -0.740. The summed E-state index contributed by atoms with van der Waals surface area (Å²) in [6, 6.07) is 1.89. The molecule has 2 rings (SSSR count). The Kier molecular flexibility index (Phi) is 2.88. The minimum absolute atomic E-state index is 0.703. The summed E-state index contributed by atoms with van der Waals surface area (Å²) in [5, 5.41) is 10.2. The molecule has 0 aliphatic heterocycles. The molecule has 1 aliphatic carbocycles. The Morgan fingerprint density at radius 2 is 1.81 bits per heavy atom. The third-order valence-electron chi connectivity index (χ3n) is 3.05. The molecule has 0 bridgehead atoms. The Morgan fingerprint density at radius 3 is 2.25 bits per heavy atom. The van der Waals surface area contributed by atoms with E-state index in [-0.39, 0.29) is 0 Å². The van der Waals surface area contributed by atoms with Gasteiger partial charge in [0, 0.05) is 11.1 Å². The van der Waals surface area contributed by atoms with Crippen LogP contribution in [0.2, 0.25) is 0 Å². The molecule has 0 radical (unpaired) electrons. The summed E-state index contributed by atoms with van der Waals surface area (Å²) in [6.45, 7) is 1.93. The highest BCUT2D eigenvalue weighted by Gasteiger charge is 2.45. The normalized spacial score (nSPS) is 17.1. The highest BCUT2D eigenvalue weighted by atomic mass is 79.9. The Bertz CT molecular complexity index is 425. The highest BCUT2D eigenvalue weighted by molar-refractivity contribution is 9.10. The Labute approximate surface area is 104 Å². The summed E-state index contributed by atoms with van der Waals surface area (Å²) in [5.41, 5.74) is 1.06. The van der Waals surface area contributed by atoms with Crippen LogP contribution in [0.1, 0.15) is 24.0 Å². The Balaban J connectivity index is 2.62. The largest absolute Gasteiger partial charge is 0.496 e. The molecule has 0 saturated heterocycles. The van der Waals surface area contributed by atoms with Gasteiger partial charge in [-0.3, -0.25) is 0 Å². The van der Waals surface area contributed by atoms with Crippen LogP contribution in [-0.2, 0) is 5.60 Å². The van der Waals surface area contributed by atoms with Crippen LogP contribution >= 0.6 is 15.9 Å². The average molecular weight is 287 g/mol. The third kappa shape index (κ3) is 1.70. The maximum absolute atomic E-state index is 10.2. The van der Waals surface area contributed by atoms with E-state index < -0.39 is 5.60 Å². The summed E-state index contributed by atoms with van der Waals surface area (Å²) >= 11 is 3.45. The molecule has 1 saturated carbocycles. The van der Waals surface area contributed by atoms with Crippen molar-refractivity contribution in [1.82, 2.24) is 0 Å². The fraction of sp³-hybridized carbons (Fsp3) is 0.500. The van der Waals surface area contributed by atoms with Crippen molar-refractivity contribution in [3.63, 3.8) is 0 Å². The van der Waals surface area contributed by atoms with Crippen molar-refractivity contribution < 1.29 is 14.6 Å². The van der Waals surface area contributed by atoms with E-state index >= 15 is 0 Å². The van der Waals surface area contributed by atoms with E-state index in [2.05, 4.69) is 15.9 Å². The zero-order chi connectivity index (χ0) is 11.9. The fourth-order valence-corrected chi connectivity index (χ4v) is 2.68. The van der Waals surface area contributed by atoms with Crippen LogP contribution in [0, 0.1) is 6.92 Å². The second kappa shape index (κ2) is 3.93. The van der Waals surface area contributed by atoms with Crippen LogP contribution in [0.3, 0.4) is 0 Å². The molecule has 1 aromatic rings. The number of halogens is 1. The lowest BCUT2D eigenvalue weighted by Crippen LogP contribution is -2.09. The van der Waals surface area contributed by atoms with Crippen molar-refractivity contribution in [2.75, 3.05) is 14.2 Å². The molecule has 0 unspecified atom stereocenters. The van der Waals surface area contributed by atoms with Crippen LogP contribution in [-0.4, -0.2) is 19.3 Å². The maximum atomic E-state index is 10.2. The molecule has 0 atom stereocenters. The lowest BCUT2D eigenvalue weighted by atomic mass is 10.0. The van der Waals surface area contributed by atoms with Crippen LogP contribution in [0.5, 0.6) is 11.5 Å². The zero-order valence-corrected chi connectivity index (χ0v) is 11.2. The van der Waals surface area contributed by atoms with Crippen LogP contribution in [0.4, 0.5) is 0 Å². The molecule has 1 N–H and O–H groups in total. The maximum Gasteiger partial charge on any atom is 0.139 e. The molecular formula is C12H15BrO3. The molecule has 3 nitrogen and oxygen atoms in total. The van der Waals surface area contributed by atoms with Crippen LogP contribution < -0.4 is 9.47 Å². The lowest BCUT2D eigenvalue weighted by molar-refractivity contribution is 0.147. The topological polar surface area (TPSA) is 38.7 Å². The van der Waals surface area contributed by atoms with Gasteiger partial charge in [-0.25, -0.2) is 0 Å². The first kappa shape index (κ1) is 11.7. The Morgan fingerprint density at radius 1 is 1.25 bits per heavy atom. The van der Waals surface area contributed by atoms with Gasteiger partial charge in [0.1, 0.15) is 11.5 Å². The van der Waals surface area contributed by atoms with E-state index in [1.807, 2.05) is 13.0 Å². The monoisotopic (exact) mass is 286 g/mol. The van der Waals surface area contributed by atoms with E-state index in [1.54, 1.807) is 14.2 Å². The van der Waals surface area contributed by atoms with Crippen molar-refractivity contribution >= 4 is 15.9 Å². The quantitative estimate of drug-likeness (QED) is 0.929. The first-order valence-corrected chi connectivity index (χ1v) is 5.96. The van der Waals surface area contributed by atoms with Crippen LogP contribution in [0.15, 0.2) is 10.5 Å². The summed E-state index contributed by atoms with van der Waals surface area (Å²) in [7, 11) is 3.24. The summed E-state index contributed by atoms with van der Waals surface area (Å²) in [5.74, 6) is 1.48. The van der Waals surface area contributed by atoms with Gasteiger partial charge in [0.2, 0.25) is 0 Å². The summed E-state index contributed by atoms with van der Waals surface area (Å²) in [6.07, 6.45) is 1.59. The lowest BCUT2D eigenvalue weighted by Gasteiger charge is -2.19. The van der Waals surface area contributed by atoms with Gasteiger partial charge in [0.05, 0.1) is 24.3 Å². The summed E-state index contributed by atoms with van der Waals surface area (Å²) < 4.78 is 11.5. The van der Waals surface area contributed by atoms with E-state index in [4.69, 9.17) is 9.47 Å². The molecule has 1 fully saturated rings. The number of benzene rings is 1. The SMILES string of the molecule is COc1c(Br)cc(C2(O)CC2)c(OC)c1C. The smallest absolute Gasteiger partial charge is 0.139 e. The fourth-order valence-electron chi connectivity index (χ4n) is 1.99. The average Bonchev–Trinajstić information content (AvgIpc) is 2.98. The van der Waals surface area contributed by atoms with E-state index in [1.165, 1.54) is 0 Å². The predicted molar refractivity (Wildman–Crippen MR) is 65.1 cm³/mol. The zero-order valence-electron chi connectivity index (χ0n) is 9.63. The number of hydrogen-bond acceptors (Lipinski definition) is 3. The molecule has 0 heterocycles. The van der Waals surface area contributed by atoms with Crippen molar-refractivity contribution in [1.29, 1.82) is 0 Å². The first-order valence-electron chi connectivity index (χ1n) is 5.17. The predicted octanol–water partition coefficient (Wildman–Crippen LogP) is 2.76. The summed E-state index contributed by atoms with van der Waals surface area (Å²) in [4.78, 5) is 0. The van der Waals surface area contributed by atoms with Crippen LogP contribution in [0.25, 0.3) is 0 Å². The minimum atomic E-state index is -0.703. The van der Waals surface area contributed by atoms with Gasteiger partial charge < -0.3 is 14.6 Å². The molecule has 0 spiro atoms. The highest BCUT2D eigenvalue weighted by Crippen LogP contribution is 2.52. The molecule has 1 aliphatic rings. The second-order valence-electron chi connectivity index (χ2n) is 4.13. The van der Waals surface area contributed by atoms with E-state index in [0.29, 0.717) is 0 Å². The number of aliphatic hydroxyl groups is 1. The van der Waals surface area contributed by atoms with Gasteiger partial charge in [-0.1, -0.05) is 0 Å². The van der Waals surface area contributed by atoms with E-state index in [9.17, 15) is 5.11 Å². The van der Waals surface area contributed by atoms with Gasteiger partial charge in [-0.05, 0) is 41.8 Å². The van der Waals surface area contributed by atoms with Crippen molar-refractivity contribution in [2.45, 2.75) is 25.4 Å². The third-order valence-corrected chi connectivity index (χ3v) is 3.64. The molecule has 4 heteroatoms. The molecular weight excluding hydrogens is 272 g/mol. The molecule has 16 heavy (non-hydrogen) atoms. The molecule has 0 aromatic heterocycles. The minimum Gasteiger partial charge on any atom is -0.496 e. The standard InChI is InChI=1S/C12H15BrO3/c1-7-10(15-2)8(12(14)4-5-12)6-9(13)11(7)16-3/h6,14H,4-5H2,1-3H3. The molecule has 0 amide bonds. The number of hydrogen-bond donors (Lipinski definition) is 1. The van der Waals surface area contributed by atoms with Gasteiger partial charge >= 0.3 is 0 Å². The molecule has 88 valence electrons. The number of methoxy groups -OCH3 is 2. The van der Waals surface area contributed by atoms with Crippen molar-refractivity contribution in [3.8, 4) is 11.5 Å². The molecule has 1 aromatic carbocycles. The van der Waals surface area contributed by atoms with Crippen molar-refractivity contribution in [2.24, 2.45) is 0 Å². The number of rotatable bonds is 3.